The van der Waals surface area contributed by atoms with Crippen molar-refractivity contribution in [2.24, 2.45) is 0 Å². The standard InChI is InChI=1S/C18H38O4/c1-7-9-11-18(6,10-8-2)22-17(5)14-21-16(4)13-20-15(3)12-19/h15-17,19H,7-14H2,1-6H3. The zero-order chi connectivity index (χ0) is 17.0. The average Bonchev–Trinajstić information content (AvgIpc) is 2.48. The minimum Gasteiger partial charge on any atom is -0.394 e. The third-order valence-corrected chi connectivity index (χ3v) is 3.81. The lowest BCUT2D eigenvalue weighted by molar-refractivity contribution is -0.128. The fourth-order valence-electron chi connectivity index (χ4n) is 2.54. The molecule has 1 N–H and O–H groups in total. The number of unbranched alkanes of at least 4 members (excludes halogenated alkanes) is 1. The second-order valence-corrected chi connectivity index (χ2v) is 6.70. The van der Waals surface area contributed by atoms with E-state index in [1.165, 1.54) is 12.8 Å². The highest BCUT2D eigenvalue weighted by molar-refractivity contribution is 4.76. The Morgan fingerprint density at radius 3 is 2.00 bits per heavy atom. The SMILES string of the molecule is CCCCC(C)(CCC)OC(C)COC(C)COC(C)CO. The fraction of sp³-hybridized carbons (Fsp3) is 1.00. The average molecular weight is 318 g/mol. The molecule has 22 heavy (non-hydrogen) atoms. The number of aliphatic hydroxyl groups is 1. The molecule has 0 aromatic heterocycles. The number of ether oxygens (including phenoxy) is 3. The Kier molecular flexibility index (Phi) is 12.2. The van der Waals surface area contributed by atoms with Gasteiger partial charge < -0.3 is 19.3 Å². The molecule has 0 bridgehead atoms. The molecule has 0 radical (unpaired) electrons. The molecule has 4 unspecified atom stereocenters. The van der Waals surface area contributed by atoms with Crippen LogP contribution in [0.25, 0.3) is 0 Å². The van der Waals surface area contributed by atoms with Crippen LogP contribution >= 0.6 is 0 Å². The summed E-state index contributed by atoms with van der Waals surface area (Å²) in [5.74, 6) is 0. The van der Waals surface area contributed by atoms with Gasteiger partial charge in [0.05, 0.1) is 43.7 Å². The summed E-state index contributed by atoms with van der Waals surface area (Å²) in [5, 5.41) is 8.93. The van der Waals surface area contributed by atoms with Crippen molar-refractivity contribution in [1.29, 1.82) is 0 Å². The molecule has 0 amide bonds. The quantitative estimate of drug-likeness (QED) is 0.527. The van der Waals surface area contributed by atoms with Crippen molar-refractivity contribution in [3.05, 3.63) is 0 Å². The van der Waals surface area contributed by atoms with Crippen LogP contribution in [-0.2, 0) is 14.2 Å². The van der Waals surface area contributed by atoms with E-state index < -0.39 is 0 Å². The van der Waals surface area contributed by atoms with Gasteiger partial charge in [-0.15, -0.1) is 0 Å². The summed E-state index contributed by atoms with van der Waals surface area (Å²) in [7, 11) is 0. The first-order valence-corrected chi connectivity index (χ1v) is 8.88. The summed E-state index contributed by atoms with van der Waals surface area (Å²) in [5.41, 5.74) is -0.0430. The van der Waals surface area contributed by atoms with Crippen molar-refractivity contribution in [2.45, 2.75) is 97.6 Å². The fourth-order valence-corrected chi connectivity index (χ4v) is 2.54. The molecule has 4 nitrogen and oxygen atoms in total. The molecule has 0 aromatic rings. The molecule has 0 rings (SSSR count). The van der Waals surface area contributed by atoms with E-state index in [0.717, 1.165) is 19.3 Å². The number of hydrogen-bond acceptors (Lipinski definition) is 4. The Morgan fingerprint density at radius 2 is 1.45 bits per heavy atom. The van der Waals surface area contributed by atoms with Crippen molar-refractivity contribution in [1.82, 2.24) is 0 Å². The highest BCUT2D eigenvalue weighted by Gasteiger charge is 2.26. The van der Waals surface area contributed by atoms with Gasteiger partial charge in [-0.1, -0.05) is 33.1 Å². The van der Waals surface area contributed by atoms with Crippen LogP contribution < -0.4 is 0 Å². The normalized spacial score (nSPS) is 18.7. The number of aliphatic hydroxyl groups excluding tert-OH is 1. The lowest BCUT2D eigenvalue weighted by Crippen LogP contribution is -2.35. The Morgan fingerprint density at radius 1 is 0.864 bits per heavy atom. The summed E-state index contributed by atoms with van der Waals surface area (Å²) in [6, 6.07) is 0. The highest BCUT2D eigenvalue weighted by atomic mass is 16.6. The Bertz CT molecular complexity index is 259. The van der Waals surface area contributed by atoms with E-state index in [-0.39, 0.29) is 30.5 Å². The van der Waals surface area contributed by atoms with Crippen LogP contribution in [-0.4, -0.2) is 48.8 Å². The molecule has 0 heterocycles. The maximum absolute atomic E-state index is 8.93. The maximum atomic E-state index is 8.93. The third-order valence-electron chi connectivity index (χ3n) is 3.81. The van der Waals surface area contributed by atoms with Gasteiger partial charge >= 0.3 is 0 Å². The van der Waals surface area contributed by atoms with Crippen LogP contribution in [0.15, 0.2) is 0 Å². The highest BCUT2D eigenvalue weighted by Crippen LogP contribution is 2.26. The molecule has 134 valence electrons. The number of rotatable bonds is 14. The van der Waals surface area contributed by atoms with Crippen molar-refractivity contribution in [3.8, 4) is 0 Å². The molecule has 0 aromatic carbocycles. The van der Waals surface area contributed by atoms with Crippen LogP contribution in [0, 0.1) is 0 Å². The van der Waals surface area contributed by atoms with Gasteiger partial charge in [0.2, 0.25) is 0 Å². The molecular formula is C18H38O4. The van der Waals surface area contributed by atoms with Crippen molar-refractivity contribution in [2.75, 3.05) is 19.8 Å². The van der Waals surface area contributed by atoms with Crippen LogP contribution in [0.5, 0.6) is 0 Å². The second kappa shape index (κ2) is 12.3. The third kappa shape index (κ3) is 10.5. The predicted molar refractivity (Wildman–Crippen MR) is 91.3 cm³/mol. The first-order valence-electron chi connectivity index (χ1n) is 8.88. The summed E-state index contributed by atoms with van der Waals surface area (Å²) >= 11 is 0. The van der Waals surface area contributed by atoms with Gasteiger partial charge in [-0.3, -0.25) is 0 Å². The molecular weight excluding hydrogens is 280 g/mol. The molecule has 4 atom stereocenters. The van der Waals surface area contributed by atoms with E-state index in [9.17, 15) is 0 Å². The van der Waals surface area contributed by atoms with Crippen molar-refractivity contribution < 1.29 is 19.3 Å². The van der Waals surface area contributed by atoms with Gasteiger partial charge in [-0.2, -0.15) is 0 Å². The van der Waals surface area contributed by atoms with Crippen LogP contribution in [0.3, 0.4) is 0 Å². The van der Waals surface area contributed by atoms with E-state index in [1.54, 1.807) is 0 Å². The second-order valence-electron chi connectivity index (χ2n) is 6.70. The van der Waals surface area contributed by atoms with Crippen LogP contribution in [0.2, 0.25) is 0 Å². The molecule has 0 aliphatic rings. The zero-order valence-corrected chi connectivity index (χ0v) is 15.6. The lowest BCUT2D eigenvalue weighted by atomic mass is 9.93. The van der Waals surface area contributed by atoms with Gasteiger partial charge in [0.25, 0.3) is 0 Å². The van der Waals surface area contributed by atoms with Gasteiger partial charge in [0, 0.05) is 0 Å². The lowest BCUT2D eigenvalue weighted by Gasteiger charge is -2.33. The van der Waals surface area contributed by atoms with Crippen molar-refractivity contribution in [3.63, 3.8) is 0 Å². The smallest absolute Gasteiger partial charge is 0.0788 e. The minimum atomic E-state index is -0.137. The van der Waals surface area contributed by atoms with Crippen LogP contribution in [0.4, 0.5) is 0 Å². The largest absolute Gasteiger partial charge is 0.394 e. The predicted octanol–water partition coefficient (Wildman–Crippen LogP) is 3.94. The van der Waals surface area contributed by atoms with E-state index in [1.807, 2.05) is 13.8 Å². The molecule has 0 aliphatic carbocycles. The van der Waals surface area contributed by atoms with Gasteiger partial charge in [0.1, 0.15) is 0 Å². The molecule has 0 saturated carbocycles. The van der Waals surface area contributed by atoms with Crippen molar-refractivity contribution >= 4 is 0 Å². The molecule has 0 fully saturated rings. The van der Waals surface area contributed by atoms with E-state index in [0.29, 0.717) is 13.2 Å². The first-order chi connectivity index (χ1) is 10.4. The summed E-state index contributed by atoms with van der Waals surface area (Å²) in [6.45, 7) is 13.7. The minimum absolute atomic E-state index is 0.00752. The van der Waals surface area contributed by atoms with Gasteiger partial charge in [-0.25, -0.2) is 0 Å². The van der Waals surface area contributed by atoms with E-state index >= 15 is 0 Å². The van der Waals surface area contributed by atoms with Crippen LogP contribution in [0.1, 0.15) is 73.6 Å². The Labute approximate surface area is 137 Å². The van der Waals surface area contributed by atoms with Gasteiger partial charge in [-0.05, 0) is 40.5 Å². The number of hydrogen-bond donors (Lipinski definition) is 1. The zero-order valence-electron chi connectivity index (χ0n) is 15.6. The Balaban J connectivity index is 4.09. The topological polar surface area (TPSA) is 47.9 Å². The molecule has 0 aliphatic heterocycles. The monoisotopic (exact) mass is 318 g/mol. The maximum Gasteiger partial charge on any atom is 0.0788 e. The summed E-state index contributed by atoms with van der Waals surface area (Å²) < 4.78 is 17.5. The van der Waals surface area contributed by atoms with E-state index in [4.69, 9.17) is 19.3 Å². The summed E-state index contributed by atoms with van der Waals surface area (Å²) in [4.78, 5) is 0. The first kappa shape index (κ1) is 21.8. The Hall–Kier alpha value is -0.160. The summed E-state index contributed by atoms with van der Waals surface area (Å²) in [6.07, 6.45) is 5.68. The molecule has 0 saturated heterocycles. The van der Waals surface area contributed by atoms with Gasteiger partial charge in [0.15, 0.2) is 0 Å². The molecule has 0 spiro atoms. The molecule has 4 heteroatoms. The van der Waals surface area contributed by atoms with E-state index in [2.05, 4.69) is 27.7 Å².